The summed E-state index contributed by atoms with van der Waals surface area (Å²) in [5.41, 5.74) is 7.36. The number of benzene rings is 2. The van der Waals surface area contributed by atoms with Crippen molar-refractivity contribution >= 4 is 11.6 Å². The second-order valence-corrected chi connectivity index (χ2v) is 5.57. The standard InChI is InChI=1S/C19H16ClN/c1-13-6-5-7-14(2)19(13)17-9-4-3-8-16(17)15-10-11-21-18(20)12-15/h3-12H,1-2H3. The monoisotopic (exact) mass is 293 g/mol. The van der Waals surface area contributed by atoms with Crippen LogP contribution in [0.15, 0.2) is 60.8 Å². The minimum atomic E-state index is 0.517. The number of hydrogen-bond acceptors (Lipinski definition) is 1. The largest absolute Gasteiger partial charge is 0.245 e. The van der Waals surface area contributed by atoms with Gasteiger partial charge in [0, 0.05) is 6.20 Å². The minimum Gasteiger partial charge on any atom is -0.245 e. The summed E-state index contributed by atoms with van der Waals surface area (Å²) in [4.78, 5) is 4.07. The highest BCUT2D eigenvalue weighted by atomic mass is 35.5. The minimum absolute atomic E-state index is 0.517. The molecule has 104 valence electrons. The lowest BCUT2D eigenvalue weighted by Gasteiger charge is -2.15. The average molecular weight is 294 g/mol. The molecule has 1 heterocycles. The Morgan fingerprint density at radius 1 is 0.810 bits per heavy atom. The molecule has 0 aliphatic rings. The summed E-state index contributed by atoms with van der Waals surface area (Å²) in [6.45, 7) is 4.30. The van der Waals surface area contributed by atoms with Gasteiger partial charge in [0.25, 0.3) is 0 Å². The van der Waals surface area contributed by atoms with Gasteiger partial charge in [-0.15, -0.1) is 0 Å². The molecule has 0 N–H and O–H groups in total. The van der Waals surface area contributed by atoms with Crippen molar-refractivity contribution < 1.29 is 0 Å². The van der Waals surface area contributed by atoms with Crippen LogP contribution in [0.25, 0.3) is 22.3 Å². The van der Waals surface area contributed by atoms with Gasteiger partial charge in [-0.1, -0.05) is 54.1 Å². The highest BCUT2D eigenvalue weighted by Crippen LogP contribution is 2.35. The normalized spacial score (nSPS) is 10.6. The number of rotatable bonds is 2. The Morgan fingerprint density at radius 2 is 1.48 bits per heavy atom. The van der Waals surface area contributed by atoms with Gasteiger partial charge in [-0.2, -0.15) is 0 Å². The summed E-state index contributed by atoms with van der Waals surface area (Å²) >= 11 is 6.04. The number of hydrogen-bond donors (Lipinski definition) is 0. The third kappa shape index (κ3) is 2.70. The first-order chi connectivity index (χ1) is 10.2. The second kappa shape index (κ2) is 5.71. The molecule has 0 unspecified atom stereocenters. The van der Waals surface area contributed by atoms with Crippen LogP contribution in [0.4, 0.5) is 0 Å². The smallest absolute Gasteiger partial charge is 0.129 e. The molecule has 2 aromatic carbocycles. The van der Waals surface area contributed by atoms with E-state index in [1.807, 2.05) is 12.1 Å². The molecule has 0 aliphatic heterocycles. The van der Waals surface area contributed by atoms with E-state index in [2.05, 4.69) is 61.3 Å². The lowest BCUT2D eigenvalue weighted by Crippen LogP contribution is -1.91. The fraction of sp³-hybridized carbons (Fsp3) is 0.105. The van der Waals surface area contributed by atoms with Gasteiger partial charge >= 0.3 is 0 Å². The van der Waals surface area contributed by atoms with Gasteiger partial charge in [0.05, 0.1) is 0 Å². The number of nitrogens with zero attached hydrogens (tertiary/aromatic N) is 1. The lowest BCUT2D eigenvalue weighted by molar-refractivity contribution is 1.33. The molecule has 0 bridgehead atoms. The quantitative estimate of drug-likeness (QED) is 0.553. The maximum atomic E-state index is 6.04. The zero-order chi connectivity index (χ0) is 14.8. The summed E-state index contributed by atoms with van der Waals surface area (Å²) in [7, 11) is 0. The predicted molar refractivity (Wildman–Crippen MR) is 89.6 cm³/mol. The molecule has 3 rings (SSSR count). The van der Waals surface area contributed by atoms with Gasteiger partial charge in [0.15, 0.2) is 0 Å². The first-order valence-corrected chi connectivity index (χ1v) is 7.32. The van der Waals surface area contributed by atoms with Gasteiger partial charge in [0.2, 0.25) is 0 Å². The van der Waals surface area contributed by atoms with Crippen molar-refractivity contribution in [2.24, 2.45) is 0 Å². The molecule has 0 spiro atoms. The van der Waals surface area contributed by atoms with Crippen LogP contribution in [0.3, 0.4) is 0 Å². The van der Waals surface area contributed by atoms with Gasteiger partial charge in [-0.3, -0.25) is 0 Å². The molecule has 21 heavy (non-hydrogen) atoms. The van der Waals surface area contributed by atoms with E-state index < -0.39 is 0 Å². The summed E-state index contributed by atoms with van der Waals surface area (Å²) in [6, 6.07) is 18.7. The van der Waals surface area contributed by atoms with Crippen molar-refractivity contribution in [1.29, 1.82) is 0 Å². The maximum absolute atomic E-state index is 6.04. The van der Waals surface area contributed by atoms with Crippen LogP contribution in [0.1, 0.15) is 11.1 Å². The van der Waals surface area contributed by atoms with E-state index in [1.54, 1.807) is 6.20 Å². The van der Waals surface area contributed by atoms with E-state index in [9.17, 15) is 0 Å². The first kappa shape index (κ1) is 13.8. The van der Waals surface area contributed by atoms with Crippen molar-refractivity contribution in [3.05, 3.63) is 77.1 Å². The Hall–Kier alpha value is -2.12. The zero-order valence-corrected chi connectivity index (χ0v) is 12.9. The molecule has 0 saturated heterocycles. The molecule has 0 atom stereocenters. The van der Waals surface area contributed by atoms with E-state index in [0.29, 0.717) is 5.15 Å². The molecule has 0 radical (unpaired) electrons. The van der Waals surface area contributed by atoms with Crippen LogP contribution in [-0.4, -0.2) is 4.98 Å². The molecular weight excluding hydrogens is 278 g/mol. The van der Waals surface area contributed by atoms with Crippen molar-refractivity contribution in [2.75, 3.05) is 0 Å². The molecule has 0 saturated carbocycles. The van der Waals surface area contributed by atoms with Gasteiger partial charge in [0.1, 0.15) is 5.15 Å². The Kier molecular flexibility index (Phi) is 3.76. The van der Waals surface area contributed by atoms with Crippen LogP contribution < -0.4 is 0 Å². The van der Waals surface area contributed by atoms with Crippen LogP contribution in [0.2, 0.25) is 5.15 Å². The number of pyridine rings is 1. The first-order valence-electron chi connectivity index (χ1n) is 6.94. The molecule has 1 aromatic heterocycles. The van der Waals surface area contributed by atoms with Gasteiger partial charge in [-0.25, -0.2) is 4.98 Å². The molecule has 0 fully saturated rings. The lowest BCUT2D eigenvalue weighted by atomic mass is 9.90. The SMILES string of the molecule is Cc1cccc(C)c1-c1ccccc1-c1ccnc(Cl)c1. The van der Waals surface area contributed by atoms with Gasteiger partial charge in [-0.05, 0) is 59.4 Å². The number of aryl methyl sites for hydroxylation is 2. The predicted octanol–water partition coefficient (Wildman–Crippen LogP) is 5.69. The van der Waals surface area contributed by atoms with Crippen LogP contribution in [0, 0.1) is 13.8 Å². The Bertz CT molecular complexity index is 773. The topological polar surface area (TPSA) is 12.9 Å². The highest BCUT2D eigenvalue weighted by molar-refractivity contribution is 6.29. The van der Waals surface area contributed by atoms with Gasteiger partial charge < -0.3 is 0 Å². The average Bonchev–Trinajstić information content (AvgIpc) is 2.47. The number of halogens is 1. The second-order valence-electron chi connectivity index (χ2n) is 5.18. The van der Waals surface area contributed by atoms with Crippen molar-refractivity contribution in [1.82, 2.24) is 4.98 Å². The van der Waals surface area contributed by atoms with E-state index in [1.165, 1.54) is 27.8 Å². The maximum Gasteiger partial charge on any atom is 0.129 e. The van der Waals surface area contributed by atoms with Crippen LogP contribution in [-0.2, 0) is 0 Å². The molecule has 2 heteroatoms. The van der Waals surface area contributed by atoms with E-state index >= 15 is 0 Å². The Morgan fingerprint density at radius 3 is 2.14 bits per heavy atom. The van der Waals surface area contributed by atoms with Crippen molar-refractivity contribution in [3.63, 3.8) is 0 Å². The molecule has 0 aliphatic carbocycles. The summed E-state index contributed by atoms with van der Waals surface area (Å²) in [5.74, 6) is 0. The van der Waals surface area contributed by atoms with Crippen molar-refractivity contribution in [3.8, 4) is 22.3 Å². The third-order valence-corrected chi connectivity index (χ3v) is 3.92. The van der Waals surface area contributed by atoms with Crippen LogP contribution >= 0.6 is 11.6 Å². The Balaban J connectivity index is 2.26. The highest BCUT2D eigenvalue weighted by Gasteiger charge is 2.11. The molecule has 3 aromatic rings. The summed E-state index contributed by atoms with van der Waals surface area (Å²) < 4.78 is 0. The summed E-state index contributed by atoms with van der Waals surface area (Å²) in [5, 5.41) is 0.517. The third-order valence-electron chi connectivity index (χ3n) is 3.72. The van der Waals surface area contributed by atoms with E-state index in [0.717, 1.165) is 5.56 Å². The van der Waals surface area contributed by atoms with E-state index in [-0.39, 0.29) is 0 Å². The summed E-state index contributed by atoms with van der Waals surface area (Å²) in [6.07, 6.45) is 1.75. The molecule has 1 nitrogen and oxygen atoms in total. The van der Waals surface area contributed by atoms with Crippen molar-refractivity contribution in [2.45, 2.75) is 13.8 Å². The fourth-order valence-electron chi connectivity index (χ4n) is 2.76. The van der Waals surface area contributed by atoms with Crippen LogP contribution in [0.5, 0.6) is 0 Å². The van der Waals surface area contributed by atoms with E-state index in [4.69, 9.17) is 11.6 Å². The fourth-order valence-corrected chi connectivity index (χ4v) is 2.94. The molecular formula is C19H16ClN. The molecule has 0 amide bonds. The Labute approximate surface area is 130 Å². The zero-order valence-electron chi connectivity index (χ0n) is 12.1. The number of aromatic nitrogens is 1.